The van der Waals surface area contributed by atoms with Gasteiger partial charge in [-0.3, -0.25) is 0 Å². The van der Waals surface area contributed by atoms with Crippen molar-refractivity contribution in [2.75, 3.05) is 0 Å². The van der Waals surface area contributed by atoms with Crippen molar-refractivity contribution in [1.82, 2.24) is 9.97 Å². The first-order chi connectivity index (χ1) is 15.1. The highest BCUT2D eigenvalue weighted by Gasteiger charge is 2.47. The van der Waals surface area contributed by atoms with Crippen molar-refractivity contribution in [2.45, 2.75) is 37.1 Å². The number of fused-ring (bicyclic) bond motifs is 1. The van der Waals surface area contributed by atoms with Gasteiger partial charge < -0.3 is 10.5 Å². The van der Waals surface area contributed by atoms with Gasteiger partial charge in [0.15, 0.2) is 0 Å². The Kier molecular flexibility index (Phi) is 5.12. The molecule has 0 unspecified atom stereocenters. The van der Waals surface area contributed by atoms with Crippen LogP contribution in [-0.4, -0.2) is 22.3 Å². The first-order valence-corrected chi connectivity index (χ1v) is 11.2. The Hall–Kier alpha value is -2.96. The predicted octanol–water partition coefficient (Wildman–Crippen LogP) is 5.04. The van der Waals surface area contributed by atoms with E-state index in [4.69, 9.17) is 10.7 Å². The monoisotopic (exact) mass is 431 g/mol. The van der Waals surface area contributed by atoms with Crippen LogP contribution in [0.2, 0.25) is 0 Å². The second-order valence-corrected chi connectivity index (χ2v) is 9.12. The number of halogens is 1. The highest BCUT2D eigenvalue weighted by molar-refractivity contribution is 7.21. The predicted molar refractivity (Wildman–Crippen MR) is 122 cm³/mol. The van der Waals surface area contributed by atoms with Crippen molar-refractivity contribution >= 4 is 28.0 Å². The molecule has 6 heteroatoms. The van der Waals surface area contributed by atoms with Gasteiger partial charge in [-0.15, -0.1) is 0 Å². The number of aryl methyl sites for hydroxylation is 1. The SMILES string of the molecule is N[C@@H](C=O)CCc1ccc(-c2nc3ccc(C4(c5ccccc5)CC4)nc3s2)c(F)c1. The summed E-state index contributed by atoms with van der Waals surface area (Å²) in [4.78, 5) is 21.1. The molecule has 4 aromatic rings. The molecule has 2 N–H and O–H groups in total. The second kappa shape index (κ2) is 7.94. The van der Waals surface area contributed by atoms with E-state index in [9.17, 15) is 9.18 Å². The Morgan fingerprint density at radius 3 is 2.61 bits per heavy atom. The smallest absolute Gasteiger partial charge is 0.144 e. The summed E-state index contributed by atoms with van der Waals surface area (Å²) in [6.07, 6.45) is 3.95. The quantitative estimate of drug-likeness (QED) is 0.417. The summed E-state index contributed by atoms with van der Waals surface area (Å²) in [5, 5.41) is 0.623. The number of aromatic nitrogens is 2. The van der Waals surface area contributed by atoms with Crippen LogP contribution in [0.15, 0.2) is 60.7 Å². The molecule has 0 amide bonds. The third kappa shape index (κ3) is 3.77. The van der Waals surface area contributed by atoms with E-state index in [1.54, 1.807) is 6.07 Å². The molecule has 1 atom stereocenters. The molecule has 1 aliphatic rings. The summed E-state index contributed by atoms with van der Waals surface area (Å²) in [7, 11) is 0. The number of aldehydes is 1. The molecule has 156 valence electrons. The highest BCUT2D eigenvalue weighted by atomic mass is 32.1. The van der Waals surface area contributed by atoms with Crippen LogP contribution >= 0.6 is 11.3 Å². The molecule has 0 aliphatic heterocycles. The van der Waals surface area contributed by atoms with Gasteiger partial charge in [0.1, 0.15) is 27.5 Å². The third-order valence-electron chi connectivity index (χ3n) is 6.03. The van der Waals surface area contributed by atoms with Crippen molar-refractivity contribution in [2.24, 2.45) is 5.73 Å². The van der Waals surface area contributed by atoms with Crippen LogP contribution in [0.1, 0.15) is 36.1 Å². The number of nitrogens with two attached hydrogens (primary N) is 1. The van der Waals surface area contributed by atoms with Gasteiger partial charge in [0.2, 0.25) is 0 Å². The summed E-state index contributed by atoms with van der Waals surface area (Å²) >= 11 is 1.42. The molecule has 2 aromatic heterocycles. The lowest BCUT2D eigenvalue weighted by atomic mass is 9.92. The average molecular weight is 432 g/mol. The van der Waals surface area contributed by atoms with Gasteiger partial charge in [-0.2, -0.15) is 0 Å². The van der Waals surface area contributed by atoms with Gasteiger partial charge in [-0.25, -0.2) is 14.4 Å². The highest BCUT2D eigenvalue weighted by Crippen LogP contribution is 2.53. The van der Waals surface area contributed by atoms with Gasteiger partial charge in [0.25, 0.3) is 0 Å². The lowest BCUT2D eigenvalue weighted by Gasteiger charge is -2.14. The maximum Gasteiger partial charge on any atom is 0.144 e. The van der Waals surface area contributed by atoms with Crippen LogP contribution in [0.4, 0.5) is 4.39 Å². The molecule has 31 heavy (non-hydrogen) atoms. The van der Waals surface area contributed by atoms with E-state index in [1.165, 1.54) is 23.0 Å². The van der Waals surface area contributed by atoms with Crippen molar-refractivity contribution in [3.63, 3.8) is 0 Å². The minimum absolute atomic E-state index is 0.00509. The second-order valence-electron chi connectivity index (χ2n) is 8.14. The van der Waals surface area contributed by atoms with E-state index in [-0.39, 0.29) is 11.2 Å². The minimum atomic E-state index is -0.516. The van der Waals surface area contributed by atoms with Crippen LogP contribution in [0.25, 0.3) is 20.9 Å². The van der Waals surface area contributed by atoms with Crippen LogP contribution in [-0.2, 0) is 16.6 Å². The first-order valence-electron chi connectivity index (χ1n) is 10.4. The van der Waals surface area contributed by atoms with Crippen LogP contribution in [0.5, 0.6) is 0 Å². The molecule has 0 radical (unpaired) electrons. The van der Waals surface area contributed by atoms with Crippen molar-refractivity contribution in [1.29, 1.82) is 0 Å². The number of pyridine rings is 1. The molecule has 2 heterocycles. The minimum Gasteiger partial charge on any atom is -0.322 e. The van der Waals surface area contributed by atoms with E-state index < -0.39 is 6.04 Å². The molecule has 0 spiro atoms. The zero-order valence-electron chi connectivity index (χ0n) is 16.9. The summed E-state index contributed by atoms with van der Waals surface area (Å²) in [5.41, 5.74) is 10.1. The lowest BCUT2D eigenvalue weighted by molar-refractivity contribution is -0.109. The van der Waals surface area contributed by atoms with E-state index in [2.05, 4.69) is 35.3 Å². The Morgan fingerprint density at radius 1 is 1.10 bits per heavy atom. The molecule has 2 aromatic carbocycles. The van der Waals surface area contributed by atoms with E-state index in [0.29, 0.717) is 23.4 Å². The molecule has 1 fully saturated rings. The van der Waals surface area contributed by atoms with Gasteiger partial charge in [0.05, 0.1) is 11.7 Å². The number of carbonyl (C=O) groups excluding carboxylic acids is 1. The molecular weight excluding hydrogens is 409 g/mol. The Labute approximate surface area is 184 Å². The van der Waals surface area contributed by atoms with Gasteiger partial charge in [-0.1, -0.05) is 47.7 Å². The van der Waals surface area contributed by atoms with Crippen molar-refractivity contribution in [3.8, 4) is 10.6 Å². The molecular formula is C25H22FN3OS. The van der Waals surface area contributed by atoms with Crippen LogP contribution in [0, 0.1) is 5.82 Å². The number of hydrogen-bond donors (Lipinski definition) is 1. The largest absolute Gasteiger partial charge is 0.322 e. The molecule has 5 rings (SSSR count). The standard InChI is InChI=1S/C25H22FN3OS/c26-20-14-16(6-8-18(27)15-30)7-9-19(20)23-28-21-10-11-22(29-24(21)31-23)25(12-13-25)17-4-2-1-3-5-17/h1-5,7,9-11,14-15,18H,6,8,12-13,27H2/t18-/m1/s1. The average Bonchev–Trinajstić information content (AvgIpc) is 3.51. The maximum atomic E-state index is 14.8. The van der Waals surface area contributed by atoms with Gasteiger partial charge in [0, 0.05) is 11.0 Å². The van der Waals surface area contributed by atoms with E-state index >= 15 is 0 Å². The third-order valence-corrected chi connectivity index (χ3v) is 7.03. The Morgan fingerprint density at radius 2 is 1.90 bits per heavy atom. The normalized spacial score (nSPS) is 15.7. The molecule has 1 saturated carbocycles. The number of rotatable bonds is 7. The van der Waals surface area contributed by atoms with Crippen molar-refractivity contribution in [3.05, 3.63) is 83.3 Å². The fourth-order valence-electron chi connectivity index (χ4n) is 4.06. The summed E-state index contributed by atoms with van der Waals surface area (Å²) in [5.74, 6) is -0.320. The number of thiazole rings is 1. The maximum absolute atomic E-state index is 14.8. The molecule has 0 saturated heterocycles. The fourth-order valence-corrected chi connectivity index (χ4v) is 5.03. The van der Waals surface area contributed by atoms with Gasteiger partial charge >= 0.3 is 0 Å². The summed E-state index contributed by atoms with van der Waals surface area (Å²) < 4.78 is 14.8. The summed E-state index contributed by atoms with van der Waals surface area (Å²) in [6.45, 7) is 0. The number of benzene rings is 2. The zero-order valence-corrected chi connectivity index (χ0v) is 17.7. The van der Waals surface area contributed by atoms with Crippen LogP contribution < -0.4 is 5.73 Å². The Bertz CT molecular complexity index is 1250. The molecule has 0 bridgehead atoms. The number of nitrogens with zero attached hydrogens (tertiary/aromatic N) is 2. The summed E-state index contributed by atoms with van der Waals surface area (Å²) in [6, 6.07) is 19.2. The van der Waals surface area contributed by atoms with Gasteiger partial charge in [-0.05, 0) is 61.1 Å². The molecule has 4 nitrogen and oxygen atoms in total. The van der Waals surface area contributed by atoms with Crippen molar-refractivity contribution < 1.29 is 9.18 Å². The fraction of sp³-hybridized carbons (Fsp3) is 0.240. The first kappa shape index (κ1) is 20.0. The van der Waals surface area contributed by atoms with Crippen LogP contribution in [0.3, 0.4) is 0 Å². The number of hydrogen-bond acceptors (Lipinski definition) is 5. The number of carbonyl (C=O) groups is 1. The molecule has 1 aliphatic carbocycles. The van der Waals surface area contributed by atoms with E-state index in [0.717, 1.165) is 40.7 Å². The lowest BCUT2D eigenvalue weighted by Crippen LogP contribution is -2.21. The Balaban J connectivity index is 1.44. The van der Waals surface area contributed by atoms with E-state index in [1.807, 2.05) is 18.2 Å². The topological polar surface area (TPSA) is 68.9 Å². The zero-order chi connectivity index (χ0) is 21.4.